The van der Waals surface area contributed by atoms with Crippen LogP contribution < -0.4 is 14.4 Å². The third-order valence-electron chi connectivity index (χ3n) is 6.68. The first-order valence-corrected chi connectivity index (χ1v) is 14.3. The second-order valence-corrected chi connectivity index (χ2v) is 11.5. The van der Waals surface area contributed by atoms with E-state index in [0.717, 1.165) is 38.2 Å². The Hall–Kier alpha value is -4.01. The van der Waals surface area contributed by atoms with Crippen LogP contribution in [0.25, 0.3) is 21.8 Å². The lowest BCUT2D eigenvalue weighted by atomic mass is 10.1. The SMILES string of the molecule is CCn1c2ccccc2c2cc(NC(=O)CN(c3cc(Cl)ccc3OC)S(=O)(=O)c3ccc(C)cc3)ccc21. The van der Waals surface area contributed by atoms with Gasteiger partial charge in [-0.05, 0) is 68.4 Å². The van der Waals surface area contributed by atoms with E-state index in [9.17, 15) is 13.2 Å². The van der Waals surface area contributed by atoms with E-state index in [1.54, 1.807) is 24.3 Å². The van der Waals surface area contributed by atoms with Crippen LogP contribution in [0.3, 0.4) is 0 Å². The summed E-state index contributed by atoms with van der Waals surface area (Å²) in [7, 11) is -2.70. The zero-order valence-corrected chi connectivity index (χ0v) is 23.4. The van der Waals surface area contributed by atoms with Gasteiger partial charge in [-0.15, -0.1) is 0 Å². The molecule has 39 heavy (non-hydrogen) atoms. The summed E-state index contributed by atoms with van der Waals surface area (Å²) in [6.07, 6.45) is 0. The first-order chi connectivity index (χ1) is 18.7. The molecule has 5 rings (SSSR count). The predicted octanol–water partition coefficient (Wildman–Crippen LogP) is 6.62. The van der Waals surface area contributed by atoms with Crippen LogP contribution in [0, 0.1) is 6.92 Å². The highest BCUT2D eigenvalue weighted by Gasteiger charge is 2.30. The van der Waals surface area contributed by atoms with Crippen LogP contribution in [0.5, 0.6) is 5.75 Å². The van der Waals surface area contributed by atoms with Gasteiger partial charge in [0.1, 0.15) is 12.3 Å². The Morgan fingerprint density at radius 1 is 0.949 bits per heavy atom. The third-order valence-corrected chi connectivity index (χ3v) is 8.69. The predicted molar refractivity (Wildman–Crippen MR) is 157 cm³/mol. The number of aryl methyl sites for hydroxylation is 2. The highest BCUT2D eigenvalue weighted by atomic mass is 35.5. The molecule has 4 aromatic carbocycles. The Balaban J connectivity index is 1.52. The smallest absolute Gasteiger partial charge is 0.264 e. The minimum Gasteiger partial charge on any atom is -0.495 e. The molecule has 200 valence electrons. The lowest BCUT2D eigenvalue weighted by Crippen LogP contribution is -2.38. The summed E-state index contributed by atoms with van der Waals surface area (Å²) in [4.78, 5) is 13.4. The van der Waals surface area contributed by atoms with E-state index < -0.39 is 22.5 Å². The normalized spacial score (nSPS) is 11.6. The molecular weight excluding hydrogens is 534 g/mol. The van der Waals surface area contributed by atoms with Gasteiger partial charge in [0.25, 0.3) is 10.0 Å². The Bertz CT molecular complexity index is 1800. The standard InChI is InChI=1S/C30H28ClN3O4S/c1-4-33-26-8-6-5-7-24(26)25-18-22(12-15-27(25)33)32-30(35)19-34(28-17-21(31)11-16-29(28)38-3)39(36,37)23-13-9-20(2)10-14-23/h5-18H,4,19H2,1-3H3,(H,32,35). The van der Waals surface area contributed by atoms with Crippen LogP contribution in [0.1, 0.15) is 12.5 Å². The fraction of sp³-hybridized carbons (Fsp3) is 0.167. The molecule has 7 nitrogen and oxygen atoms in total. The molecule has 0 atom stereocenters. The van der Waals surface area contributed by atoms with Gasteiger partial charge in [0.15, 0.2) is 0 Å². The Morgan fingerprint density at radius 2 is 1.67 bits per heavy atom. The number of methoxy groups -OCH3 is 1. The number of aromatic nitrogens is 1. The van der Waals surface area contributed by atoms with Crippen molar-refractivity contribution < 1.29 is 17.9 Å². The van der Waals surface area contributed by atoms with Crippen LogP contribution >= 0.6 is 11.6 Å². The minimum atomic E-state index is -4.14. The highest BCUT2D eigenvalue weighted by molar-refractivity contribution is 7.92. The number of nitrogens with one attached hydrogen (secondary N) is 1. The average molecular weight is 562 g/mol. The molecular formula is C30H28ClN3O4S. The van der Waals surface area contributed by atoms with Crippen LogP contribution in [0.2, 0.25) is 5.02 Å². The number of hydrogen-bond donors (Lipinski definition) is 1. The van der Waals surface area contributed by atoms with Gasteiger partial charge in [-0.1, -0.05) is 47.5 Å². The maximum atomic E-state index is 13.8. The van der Waals surface area contributed by atoms with Crippen LogP contribution in [-0.2, 0) is 21.4 Å². The van der Waals surface area contributed by atoms with Gasteiger partial charge in [0, 0.05) is 39.1 Å². The van der Waals surface area contributed by atoms with Crippen LogP contribution in [0.15, 0.2) is 89.8 Å². The van der Waals surface area contributed by atoms with Crippen LogP contribution in [-0.4, -0.2) is 32.5 Å². The number of hydrogen-bond acceptors (Lipinski definition) is 4. The maximum absolute atomic E-state index is 13.8. The number of anilines is 2. The van der Waals surface area contributed by atoms with Crippen molar-refractivity contribution in [2.75, 3.05) is 23.3 Å². The maximum Gasteiger partial charge on any atom is 0.264 e. The lowest BCUT2D eigenvalue weighted by Gasteiger charge is -2.26. The summed E-state index contributed by atoms with van der Waals surface area (Å²) in [5.74, 6) is -0.233. The zero-order valence-electron chi connectivity index (χ0n) is 21.8. The number of carbonyl (C=O) groups excluding carboxylic acids is 1. The van der Waals surface area contributed by atoms with Crippen molar-refractivity contribution in [3.05, 3.63) is 95.5 Å². The number of para-hydroxylation sites is 1. The molecule has 0 saturated heterocycles. The number of carbonyl (C=O) groups is 1. The van der Waals surface area contributed by atoms with E-state index >= 15 is 0 Å². The van der Waals surface area contributed by atoms with Crippen molar-refractivity contribution in [3.63, 3.8) is 0 Å². The number of nitrogens with zero attached hydrogens (tertiary/aromatic N) is 2. The Labute approximate surface area is 232 Å². The molecule has 0 aliphatic carbocycles. The molecule has 0 unspecified atom stereocenters. The summed E-state index contributed by atoms with van der Waals surface area (Å²) in [6, 6.07) is 24.9. The molecule has 1 amide bonds. The molecule has 0 aliphatic rings. The molecule has 1 aromatic heterocycles. The summed E-state index contributed by atoms with van der Waals surface area (Å²) in [5, 5.41) is 5.28. The van der Waals surface area contributed by atoms with Gasteiger partial charge in [-0.3, -0.25) is 9.10 Å². The van der Waals surface area contributed by atoms with Gasteiger partial charge < -0.3 is 14.6 Å². The van der Waals surface area contributed by atoms with E-state index in [2.05, 4.69) is 28.9 Å². The van der Waals surface area contributed by atoms with Crippen molar-refractivity contribution in [1.29, 1.82) is 0 Å². The van der Waals surface area contributed by atoms with Crippen molar-refractivity contribution in [2.24, 2.45) is 0 Å². The van der Waals surface area contributed by atoms with Gasteiger partial charge >= 0.3 is 0 Å². The number of sulfonamides is 1. The number of fused-ring (bicyclic) bond motifs is 3. The third kappa shape index (κ3) is 5.05. The molecule has 0 spiro atoms. The Kier molecular flexibility index (Phi) is 7.25. The molecule has 1 N–H and O–H groups in total. The first-order valence-electron chi connectivity index (χ1n) is 12.5. The summed E-state index contributed by atoms with van der Waals surface area (Å²) in [6.45, 7) is 4.29. The Morgan fingerprint density at radius 3 is 2.38 bits per heavy atom. The number of benzene rings is 4. The second-order valence-electron chi connectivity index (χ2n) is 9.18. The molecule has 0 bridgehead atoms. The van der Waals surface area contributed by atoms with E-state index in [1.165, 1.54) is 25.3 Å². The fourth-order valence-electron chi connectivity index (χ4n) is 4.80. The number of ether oxygens (including phenoxy) is 1. The summed E-state index contributed by atoms with van der Waals surface area (Å²) in [5.41, 5.74) is 3.82. The summed E-state index contributed by atoms with van der Waals surface area (Å²) < 4.78 is 36.3. The molecule has 0 radical (unpaired) electrons. The number of amides is 1. The van der Waals surface area contributed by atoms with Gasteiger partial charge in [-0.25, -0.2) is 8.42 Å². The minimum absolute atomic E-state index is 0.0525. The van der Waals surface area contributed by atoms with Gasteiger partial charge in [0.2, 0.25) is 5.91 Å². The second kappa shape index (κ2) is 10.6. The number of rotatable bonds is 8. The quantitative estimate of drug-likeness (QED) is 0.231. The molecule has 1 heterocycles. The van der Waals surface area contributed by atoms with E-state index in [-0.39, 0.29) is 16.3 Å². The van der Waals surface area contributed by atoms with Crippen molar-refractivity contribution >= 4 is 60.7 Å². The molecule has 5 aromatic rings. The van der Waals surface area contributed by atoms with Crippen molar-refractivity contribution in [3.8, 4) is 5.75 Å². The molecule has 0 fully saturated rings. The van der Waals surface area contributed by atoms with Crippen molar-refractivity contribution in [2.45, 2.75) is 25.3 Å². The molecule has 0 saturated carbocycles. The molecule has 0 aliphatic heterocycles. The van der Waals surface area contributed by atoms with E-state index in [1.807, 2.05) is 37.3 Å². The highest BCUT2D eigenvalue weighted by Crippen LogP contribution is 2.35. The zero-order chi connectivity index (χ0) is 27.7. The monoisotopic (exact) mass is 561 g/mol. The van der Waals surface area contributed by atoms with Gasteiger partial charge in [0.05, 0.1) is 17.7 Å². The van der Waals surface area contributed by atoms with Crippen molar-refractivity contribution in [1.82, 2.24) is 4.57 Å². The number of halogens is 1. The largest absolute Gasteiger partial charge is 0.495 e. The van der Waals surface area contributed by atoms with E-state index in [0.29, 0.717) is 10.7 Å². The van der Waals surface area contributed by atoms with Gasteiger partial charge in [-0.2, -0.15) is 0 Å². The molecule has 9 heteroatoms. The first kappa shape index (κ1) is 26.6. The van der Waals surface area contributed by atoms with E-state index in [4.69, 9.17) is 16.3 Å². The fourth-order valence-corrected chi connectivity index (χ4v) is 6.39. The average Bonchev–Trinajstić information content (AvgIpc) is 3.25. The summed E-state index contributed by atoms with van der Waals surface area (Å²) >= 11 is 6.24. The topological polar surface area (TPSA) is 80.6 Å². The van der Waals surface area contributed by atoms with Crippen LogP contribution in [0.4, 0.5) is 11.4 Å². The lowest BCUT2D eigenvalue weighted by molar-refractivity contribution is -0.114.